The zero-order chi connectivity index (χ0) is 14.7. The van der Waals surface area contributed by atoms with Crippen LogP contribution in [-0.2, 0) is 4.79 Å². The van der Waals surface area contributed by atoms with Gasteiger partial charge in [-0.2, -0.15) is 5.26 Å². The maximum Gasteiger partial charge on any atom is 0.222 e. The number of hydrogen-bond donors (Lipinski definition) is 2. The monoisotopic (exact) mass is 266 g/mol. The molecule has 5 heteroatoms. The predicted molar refractivity (Wildman–Crippen MR) is 77.8 cm³/mol. The zero-order valence-corrected chi connectivity index (χ0v) is 11.3. The topological polar surface area (TPSA) is 91.8 Å². The third-order valence-corrected chi connectivity index (χ3v) is 2.76. The second kappa shape index (κ2) is 5.41. The Morgan fingerprint density at radius 2 is 2.15 bits per heavy atom. The van der Waals surface area contributed by atoms with Gasteiger partial charge in [-0.25, -0.2) is 4.98 Å². The molecule has 20 heavy (non-hydrogen) atoms. The Balaban J connectivity index is 2.63. The summed E-state index contributed by atoms with van der Waals surface area (Å²) < 4.78 is 0. The number of carbonyl (C=O) groups is 1. The van der Waals surface area contributed by atoms with Crippen molar-refractivity contribution in [3.8, 4) is 17.3 Å². The van der Waals surface area contributed by atoms with Crippen LogP contribution >= 0.6 is 0 Å². The summed E-state index contributed by atoms with van der Waals surface area (Å²) in [5, 5.41) is 11.8. The molecule has 1 amide bonds. The summed E-state index contributed by atoms with van der Waals surface area (Å²) in [6.45, 7) is 3.35. The number of nitrogens with two attached hydrogens (primary N) is 1. The molecule has 100 valence electrons. The van der Waals surface area contributed by atoms with E-state index in [0.29, 0.717) is 22.8 Å². The fourth-order valence-electron chi connectivity index (χ4n) is 1.93. The van der Waals surface area contributed by atoms with Crippen molar-refractivity contribution in [3.05, 3.63) is 41.5 Å². The van der Waals surface area contributed by atoms with Crippen LogP contribution in [0.4, 0.5) is 11.5 Å². The first-order valence-electron chi connectivity index (χ1n) is 6.06. The van der Waals surface area contributed by atoms with Crippen LogP contribution < -0.4 is 11.1 Å². The van der Waals surface area contributed by atoms with E-state index in [1.165, 1.54) is 13.0 Å². The van der Waals surface area contributed by atoms with Gasteiger partial charge in [0.25, 0.3) is 0 Å². The third kappa shape index (κ3) is 2.75. The molecule has 0 saturated carbocycles. The highest BCUT2D eigenvalue weighted by molar-refractivity contribution is 5.89. The van der Waals surface area contributed by atoms with Gasteiger partial charge in [0.1, 0.15) is 17.5 Å². The molecule has 0 unspecified atom stereocenters. The van der Waals surface area contributed by atoms with Crippen LogP contribution in [0.15, 0.2) is 30.3 Å². The third-order valence-electron chi connectivity index (χ3n) is 2.76. The minimum Gasteiger partial charge on any atom is -0.397 e. The first-order valence-corrected chi connectivity index (χ1v) is 6.06. The van der Waals surface area contributed by atoms with Crippen LogP contribution in [0.5, 0.6) is 0 Å². The molecular weight excluding hydrogens is 252 g/mol. The van der Waals surface area contributed by atoms with Gasteiger partial charge in [0.2, 0.25) is 5.91 Å². The van der Waals surface area contributed by atoms with E-state index >= 15 is 0 Å². The lowest BCUT2D eigenvalue weighted by Gasteiger charge is -2.10. The van der Waals surface area contributed by atoms with Crippen molar-refractivity contribution < 1.29 is 4.79 Å². The van der Waals surface area contributed by atoms with Gasteiger partial charge in [0, 0.05) is 18.6 Å². The van der Waals surface area contributed by atoms with E-state index in [4.69, 9.17) is 5.73 Å². The average Bonchev–Trinajstić information content (AvgIpc) is 2.37. The Bertz CT molecular complexity index is 716. The summed E-state index contributed by atoms with van der Waals surface area (Å²) in [5.74, 6) is 0.0994. The smallest absolute Gasteiger partial charge is 0.222 e. The van der Waals surface area contributed by atoms with E-state index in [9.17, 15) is 10.1 Å². The molecule has 0 saturated heterocycles. The van der Waals surface area contributed by atoms with Gasteiger partial charge >= 0.3 is 0 Å². The molecule has 0 bridgehead atoms. The Morgan fingerprint density at radius 3 is 2.75 bits per heavy atom. The zero-order valence-electron chi connectivity index (χ0n) is 11.3. The second-order valence-corrected chi connectivity index (χ2v) is 4.48. The normalized spacial score (nSPS) is 9.85. The maximum absolute atomic E-state index is 11.1. The SMILES string of the molecule is CC(=O)Nc1cc(N)c(C#N)c(-c2cccc(C)c2)n1. The van der Waals surface area contributed by atoms with Crippen LogP contribution in [-0.4, -0.2) is 10.9 Å². The standard InChI is InChI=1S/C15H14N4O/c1-9-4-3-5-11(6-9)15-12(8-16)13(17)7-14(19-15)18-10(2)20/h3-7H,1-2H3,(H3,17,18,19,20). The molecule has 0 aliphatic rings. The number of nitrogens with one attached hydrogen (secondary N) is 1. The molecule has 0 radical (unpaired) electrons. The molecule has 2 rings (SSSR count). The van der Waals surface area contributed by atoms with Crippen LogP contribution in [0.2, 0.25) is 0 Å². The van der Waals surface area contributed by atoms with Crippen LogP contribution in [0.3, 0.4) is 0 Å². The number of aryl methyl sites for hydroxylation is 1. The molecule has 2 aromatic rings. The fraction of sp³-hybridized carbons (Fsp3) is 0.133. The van der Waals surface area contributed by atoms with E-state index in [1.807, 2.05) is 31.2 Å². The van der Waals surface area contributed by atoms with Gasteiger partial charge < -0.3 is 11.1 Å². The summed E-state index contributed by atoms with van der Waals surface area (Å²) in [5.41, 5.74) is 8.79. The lowest BCUT2D eigenvalue weighted by molar-refractivity contribution is -0.114. The molecule has 0 spiro atoms. The number of hydrogen-bond acceptors (Lipinski definition) is 4. The van der Waals surface area contributed by atoms with E-state index in [2.05, 4.69) is 16.4 Å². The van der Waals surface area contributed by atoms with Crippen molar-refractivity contribution in [3.63, 3.8) is 0 Å². The molecule has 0 aliphatic carbocycles. The van der Waals surface area contributed by atoms with Crippen molar-refractivity contribution in [2.75, 3.05) is 11.1 Å². The first kappa shape index (κ1) is 13.6. The number of amides is 1. The minimum atomic E-state index is -0.239. The molecule has 0 atom stereocenters. The van der Waals surface area contributed by atoms with Gasteiger partial charge in [-0.1, -0.05) is 23.8 Å². The van der Waals surface area contributed by atoms with Gasteiger partial charge in [-0.15, -0.1) is 0 Å². The molecule has 1 heterocycles. The Hall–Kier alpha value is -2.87. The minimum absolute atomic E-state index is 0.239. The molecule has 1 aromatic carbocycles. The number of anilines is 2. The van der Waals surface area contributed by atoms with Gasteiger partial charge in [0.05, 0.1) is 11.4 Å². The van der Waals surface area contributed by atoms with E-state index in [1.54, 1.807) is 0 Å². The Kier molecular flexibility index (Phi) is 3.67. The van der Waals surface area contributed by atoms with E-state index in [-0.39, 0.29) is 5.91 Å². The molecule has 0 fully saturated rings. The number of nitrogens with zero attached hydrogens (tertiary/aromatic N) is 2. The number of nitriles is 1. The summed E-state index contributed by atoms with van der Waals surface area (Å²) >= 11 is 0. The molecule has 3 N–H and O–H groups in total. The van der Waals surface area contributed by atoms with Gasteiger partial charge in [0.15, 0.2) is 0 Å². The predicted octanol–water partition coefficient (Wildman–Crippen LogP) is 2.47. The molecule has 5 nitrogen and oxygen atoms in total. The van der Waals surface area contributed by atoms with E-state index in [0.717, 1.165) is 11.1 Å². The lowest BCUT2D eigenvalue weighted by Crippen LogP contribution is -2.09. The first-order chi connectivity index (χ1) is 9.51. The summed E-state index contributed by atoms with van der Waals surface area (Å²) in [6, 6.07) is 11.2. The highest BCUT2D eigenvalue weighted by Crippen LogP contribution is 2.28. The van der Waals surface area contributed by atoms with Crippen LogP contribution in [0.1, 0.15) is 18.1 Å². The molecule has 0 aliphatic heterocycles. The van der Waals surface area contributed by atoms with Gasteiger partial charge in [-0.3, -0.25) is 4.79 Å². The quantitative estimate of drug-likeness (QED) is 0.873. The summed E-state index contributed by atoms with van der Waals surface area (Å²) in [6.07, 6.45) is 0. The van der Waals surface area contributed by atoms with Crippen molar-refractivity contribution in [2.24, 2.45) is 0 Å². The largest absolute Gasteiger partial charge is 0.397 e. The van der Waals surface area contributed by atoms with Crippen molar-refractivity contribution in [1.29, 1.82) is 5.26 Å². The van der Waals surface area contributed by atoms with Gasteiger partial charge in [-0.05, 0) is 13.0 Å². The fourth-order valence-corrected chi connectivity index (χ4v) is 1.93. The number of pyridine rings is 1. The molecule has 1 aromatic heterocycles. The highest BCUT2D eigenvalue weighted by atomic mass is 16.1. The van der Waals surface area contributed by atoms with Crippen LogP contribution in [0, 0.1) is 18.3 Å². The van der Waals surface area contributed by atoms with Crippen molar-refractivity contribution >= 4 is 17.4 Å². The highest BCUT2D eigenvalue weighted by Gasteiger charge is 2.13. The van der Waals surface area contributed by atoms with Crippen molar-refractivity contribution in [1.82, 2.24) is 4.98 Å². The second-order valence-electron chi connectivity index (χ2n) is 4.48. The number of nitrogen functional groups attached to an aromatic ring is 1. The number of aromatic nitrogens is 1. The number of rotatable bonds is 2. The average molecular weight is 266 g/mol. The summed E-state index contributed by atoms with van der Waals surface area (Å²) in [7, 11) is 0. The van der Waals surface area contributed by atoms with E-state index < -0.39 is 0 Å². The lowest BCUT2D eigenvalue weighted by atomic mass is 10.0. The molecular formula is C15H14N4O. The number of benzene rings is 1. The Labute approximate surface area is 117 Å². The van der Waals surface area contributed by atoms with Crippen LogP contribution in [0.25, 0.3) is 11.3 Å². The van der Waals surface area contributed by atoms with Crippen molar-refractivity contribution in [2.45, 2.75) is 13.8 Å². The Morgan fingerprint density at radius 1 is 1.40 bits per heavy atom. The number of carbonyl (C=O) groups excluding carboxylic acids is 1. The maximum atomic E-state index is 11.1. The summed E-state index contributed by atoms with van der Waals surface area (Å²) in [4.78, 5) is 15.4.